The molecule has 130 valence electrons. The Balaban J connectivity index is 1.97. The van der Waals surface area contributed by atoms with Crippen LogP contribution in [0.5, 0.6) is 11.6 Å². The van der Waals surface area contributed by atoms with Gasteiger partial charge in [-0.15, -0.1) is 0 Å². The van der Waals surface area contributed by atoms with Gasteiger partial charge < -0.3 is 4.74 Å². The Morgan fingerprint density at radius 3 is 2.65 bits per heavy atom. The first-order valence-electron chi connectivity index (χ1n) is 7.49. The summed E-state index contributed by atoms with van der Waals surface area (Å²) in [6.07, 6.45) is 0.685. The molecule has 0 saturated carbocycles. The summed E-state index contributed by atoms with van der Waals surface area (Å²) in [5.74, 6) is 0.865. The van der Waals surface area contributed by atoms with E-state index in [1.54, 1.807) is 37.3 Å². The van der Waals surface area contributed by atoms with E-state index >= 15 is 0 Å². The average molecular weight is 370 g/mol. The largest absolute Gasteiger partial charge is 0.437 e. The molecule has 26 heavy (non-hydrogen) atoms. The van der Waals surface area contributed by atoms with E-state index in [4.69, 9.17) is 16.3 Å². The Kier molecular flexibility index (Phi) is 4.90. The third-order valence-electron chi connectivity index (χ3n) is 3.45. The molecule has 0 aliphatic carbocycles. The highest BCUT2D eigenvalue weighted by atomic mass is 35.5. The number of hydrogen-bond donors (Lipinski definition) is 0. The van der Waals surface area contributed by atoms with Gasteiger partial charge in [-0.05, 0) is 25.1 Å². The van der Waals surface area contributed by atoms with Gasteiger partial charge >= 0.3 is 0 Å². The maximum absolute atomic E-state index is 10.9. The van der Waals surface area contributed by atoms with Gasteiger partial charge in [0, 0.05) is 35.0 Å². The molecular formula is C18H12ClN3O4. The van der Waals surface area contributed by atoms with Crippen LogP contribution in [0.2, 0.25) is 5.02 Å². The Morgan fingerprint density at radius 1 is 1.15 bits per heavy atom. The number of aryl methyl sites for hydroxylation is 1. The molecule has 2 aromatic carbocycles. The predicted octanol–water partition coefficient (Wildman–Crippen LogP) is 4.62. The van der Waals surface area contributed by atoms with Gasteiger partial charge in [0.05, 0.1) is 9.95 Å². The minimum atomic E-state index is -0.481. The van der Waals surface area contributed by atoms with E-state index in [0.29, 0.717) is 34.7 Å². The van der Waals surface area contributed by atoms with Crippen LogP contribution in [0.25, 0.3) is 11.4 Å². The molecule has 0 radical (unpaired) electrons. The first kappa shape index (κ1) is 17.5. The monoisotopic (exact) mass is 369 g/mol. The molecule has 0 aliphatic heterocycles. The summed E-state index contributed by atoms with van der Waals surface area (Å²) in [7, 11) is 0. The van der Waals surface area contributed by atoms with Crippen molar-refractivity contribution in [1.82, 2.24) is 9.97 Å². The van der Waals surface area contributed by atoms with Gasteiger partial charge in [-0.1, -0.05) is 23.7 Å². The Labute approximate surface area is 153 Å². The number of rotatable bonds is 5. The van der Waals surface area contributed by atoms with Crippen molar-refractivity contribution in [3.05, 3.63) is 74.9 Å². The molecule has 0 saturated heterocycles. The van der Waals surface area contributed by atoms with Gasteiger partial charge in [-0.25, -0.2) is 4.98 Å². The quantitative estimate of drug-likeness (QED) is 0.370. The molecule has 0 amide bonds. The first-order chi connectivity index (χ1) is 12.5. The number of halogens is 1. The SMILES string of the molecule is Cc1cc(Oc2ccc(C=O)cc2Cl)nc(-c2cccc([N+](=O)[O-])c2)n1. The second-order valence-electron chi connectivity index (χ2n) is 5.39. The second-order valence-corrected chi connectivity index (χ2v) is 5.80. The van der Waals surface area contributed by atoms with Gasteiger partial charge in [0.15, 0.2) is 5.82 Å². The van der Waals surface area contributed by atoms with Crippen LogP contribution in [0, 0.1) is 17.0 Å². The summed E-state index contributed by atoms with van der Waals surface area (Å²) in [6, 6.07) is 12.3. The molecule has 0 spiro atoms. The topological polar surface area (TPSA) is 95.2 Å². The lowest BCUT2D eigenvalue weighted by Gasteiger charge is -2.09. The number of nitro benzene ring substituents is 1. The zero-order valence-corrected chi connectivity index (χ0v) is 14.3. The standard InChI is InChI=1S/C18H12ClN3O4/c1-11-7-17(26-16-6-5-12(10-23)8-15(16)19)21-18(20-11)13-3-2-4-14(9-13)22(24)25/h2-10H,1H3. The Bertz CT molecular complexity index is 1010. The van der Waals surface area contributed by atoms with Gasteiger partial charge in [0.1, 0.15) is 12.0 Å². The van der Waals surface area contributed by atoms with Gasteiger partial charge in [0.2, 0.25) is 5.88 Å². The number of nitro groups is 1. The van der Waals surface area contributed by atoms with Crippen molar-refractivity contribution in [3.63, 3.8) is 0 Å². The van der Waals surface area contributed by atoms with Gasteiger partial charge in [-0.3, -0.25) is 14.9 Å². The van der Waals surface area contributed by atoms with Crippen molar-refractivity contribution in [2.24, 2.45) is 0 Å². The fraction of sp³-hybridized carbons (Fsp3) is 0.0556. The van der Waals surface area contributed by atoms with Crippen molar-refractivity contribution >= 4 is 23.6 Å². The normalized spacial score (nSPS) is 10.4. The van der Waals surface area contributed by atoms with Crippen molar-refractivity contribution in [1.29, 1.82) is 0 Å². The molecule has 0 N–H and O–H groups in total. The van der Waals surface area contributed by atoms with Crippen LogP contribution >= 0.6 is 11.6 Å². The Morgan fingerprint density at radius 2 is 1.96 bits per heavy atom. The fourth-order valence-corrected chi connectivity index (χ4v) is 2.49. The molecule has 0 bridgehead atoms. The number of aromatic nitrogens is 2. The maximum atomic E-state index is 10.9. The maximum Gasteiger partial charge on any atom is 0.270 e. The van der Waals surface area contributed by atoms with Crippen molar-refractivity contribution in [2.45, 2.75) is 6.92 Å². The van der Waals surface area contributed by atoms with Gasteiger partial charge in [-0.2, -0.15) is 4.98 Å². The van der Waals surface area contributed by atoms with E-state index in [-0.39, 0.29) is 16.6 Å². The zero-order chi connectivity index (χ0) is 18.7. The third kappa shape index (κ3) is 3.84. The second kappa shape index (κ2) is 7.28. The highest BCUT2D eigenvalue weighted by Crippen LogP contribution is 2.30. The van der Waals surface area contributed by atoms with Crippen molar-refractivity contribution < 1.29 is 14.5 Å². The van der Waals surface area contributed by atoms with Crippen LogP contribution in [0.1, 0.15) is 16.1 Å². The highest BCUT2D eigenvalue weighted by molar-refractivity contribution is 6.32. The van der Waals surface area contributed by atoms with E-state index in [2.05, 4.69) is 9.97 Å². The molecule has 3 rings (SSSR count). The number of carbonyl (C=O) groups excluding carboxylic acids is 1. The lowest BCUT2D eigenvalue weighted by atomic mass is 10.2. The summed E-state index contributed by atoms with van der Waals surface area (Å²) < 4.78 is 5.70. The van der Waals surface area contributed by atoms with Crippen LogP contribution < -0.4 is 4.74 Å². The predicted molar refractivity (Wildman–Crippen MR) is 95.8 cm³/mol. The van der Waals surface area contributed by atoms with Crippen molar-refractivity contribution in [3.8, 4) is 23.0 Å². The van der Waals surface area contributed by atoms with Crippen LogP contribution in [0.4, 0.5) is 5.69 Å². The van der Waals surface area contributed by atoms with Crippen LogP contribution in [0.15, 0.2) is 48.5 Å². The molecule has 1 heterocycles. The van der Waals surface area contributed by atoms with E-state index in [1.807, 2.05) is 0 Å². The van der Waals surface area contributed by atoms with Crippen molar-refractivity contribution in [2.75, 3.05) is 0 Å². The fourth-order valence-electron chi connectivity index (χ4n) is 2.27. The number of ether oxygens (including phenoxy) is 1. The summed E-state index contributed by atoms with van der Waals surface area (Å²) in [5, 5.41) is 11.2. The molecule has 0 fully saturated rings. The smallest absolute Gasteiger partial charge is 0.270 e. The summed E-state index contributed by atoms with van der Waals surface area (Å²) in [5.41, 5.74) is 1.49. The molecule has 1 aromatic heterocycles. The average Bonchev–Trinajstić information content (AvgIpc) is 2.63. The Hall–Kier alpha value is -3.32. The number of nitrogens with zero attached hydrogens (tertiary/aromatic N) is 3. The number of non-ortho nitro benzene ring substituents is 1. The molecule has 0 unspecified atom stereocenters. The van der Waals surface area contributed by atoms with Gasteiger partial charge in [0.25, 0.3) is 5.69 Å². The third-order valence-corrected chi connectivity index (χ3v) is 3.75. The number of carbonyl (C=O) groups is 1. The minimum absolute atomic E-state index is 0.0532. The van der Waals surface area contributed by atoms with Crippen LogP contribution in [0.3, 0.4) is 0 Å². The number of aldehydes is 1. The highest BCUT2D eigenvalue weighted by Gasteiger charge is 2.12. The van der Waals surface area contributed by atoms with Crippen LogP contribution in [-0.4, -0.2) is 21.2 Å². The van der Waals surface area contributed by atoms with E-state index < -0.39 is 4.92 Å². The summed E-state index contributed by atoms with van der Waals surface area (Å²) in [6.45, 7) is 1.76. The lowest BCUT2D eigenvalue weighted by molar-refractivity contribution is -0.384. The number of hydrogen-bond acceptors (Lipinski definition) is 6. The van der Waals surface area contributed by atoms with E-state index in [0.717, 1.165) is 0 Å². The molecule has 7 nitrogen and oxygen atoms in total. The summed E-state index contributed by atoms with van der Waals surface area (Å²) in [4.78, 5) is 29.9. The molecular weight excluding hydrogens is 358 g/mol. The molecule has 0 aliphatic rings. The lowest BCUT2D eigenvalue weighted by Crippen LogP contribution is -1.97. The molecule has 0 atom stereocenters. The molecule has 8 heteroatoms. The zero-order valence-electron chi connectivity index (χ0n) is 13.5. The first-order valence-corrected chi connectivity index (χ1v) is 7.87. The summed E-state index contributed by atoms with van der Waals surface area (Å²) >= 11 is 6.11. The van der Waals surface area contributed by atoms with Crippen LogP contribution in [-0.2, 0) is 0 Å². The number of benzene rings is 2. The van der Waals surface area contributed by atoms with E-state index in [9.17, 15) is 14.9 Å². The van der Waals surface area contributed by atoms with E-state index in [1.165, 1.54) is 18.2 Å². The minimum Gasteiger partial charge on any atom is -0.437 e. The molecule has 3 aromatic rings.